The molecule has 2 amide bonds. The van der Waals surface area contributed by atoms with Crippen LogP contribution in [0.2, 0.25) is 0 Å². The van der Waals surface area contributed by atoms with Crippen molar-refractivity contribution in [2.75, 3.05) is 6.73 Å². The van der Waals surface area contributed by atoms with Gasteiger partial charge in [0.1, 0.15) is 0 Å². The molecule has 2 aromatic rings. The number of ether oxygens (including phenoxy) is 1. The van der Waals surface area contributed by atoms with Crippen LogP contribution >= 0.6 is 0 Å². The molecule has 1 aliphatic rings. The van der Waals surface area contributed by atoms with E-state index in [1.54, 1.807) is 31.2 Å². The minimum atomic E-state index is -0.746. The van der Waals surface area contributed by atoms with Crippen molar-refractivity contribution in [2.45, 2.75) is 6.92 Å². The highest BCUT2D eigenvalue weighted by atomic mass is 16.5. The molecule has 0 aliphatic carbocycles. The number of imide groups is 1. The second-order valence-electron chi connectivity index (χ2n) is 4.69. The molecule has 0 bridgehead atoms. The molecule has 0 N–H and O–H groups in total. The highest BCUT2D eigenvalue weighted by Gasteiger charge is 2.35. The number of hydrogen-bond acceptors (Lipinski definition) is 6. The Bertz CT molecular complexity index is 736. The van der Waals surface area contributed by atoms with Crippen molar-refractivity contribution in [3.05, 3.63) is 59.2 Å². The number of rotatable bonds is 3. The Balaban J connectivity index is 1.70. The molecule has 7 nitrogen and oxygen atoms in total. The van der Waals surface area contributed by atoms with Gasteiger partial charge in [0.25, 0.3) is 11.8 Å². The molecule has 110 valence electrons. The summed E-state index contributed by atoms with van der Waals surface area (Å²) in [5, 5.41) is 0. The molecule has 22 heavy (non-hydrogen) atoms. The van der Waals surface area contributed by atoms with Gasteiger partial charge in [-0.05, 0) is 19.1 Å². The molecule has 0 saturated carbocycles. The van der Waals surface area contributed by atoms with E-state index < -0.39 is 24.5 Å². The van der Waals surface area contributed by atoms with Crippen molar-refractivity contribution in [1.29, 1.82) is 0 Å². The van der Waals surface area contributed by atoms with Gasteiger partial charge in [-0.25, -0.2) is 14.7 Å². The van der Waals surface area contributed by atoms with Gasteiger partial charge in [0.15, 0.2) is 12.4 Å². The molecule has 0 fully saturated rings. The molecule has 1 aromatic heterocycles. The second kappa shape index (κ2) is 5.36. The number of amides is 2. The first-order valence-corrected chi connectivity index (χ1v) is 6.49. The van der Waals surface area contributed by atoms with Crippen molar-refractivity contribution in [2.24, 2.45) is 0 Å². The molecule has 1 aromatic carbocycles. The zero-order valence-electron chi connectivity index (χ0n) is 11.6. The van der Waals surface area contributed by atoms with E-state index >= 15 is 0 Å². The Kier molecular flexibility index (Phi) is 3.38. The van der Waals surface area contributed by atoms with Crippen LogP contribution in [0.4, 0.5) is 0 Å². The zero-order valence-corrected chi connectivity index (χ0v) is 11.6. The highest BCUT2D eigenvalue weighted by molar-refractivity contribution is 6.21. The normalized spacial score (nSPS) is 13.2. The lowest BCUT2D eigenvalue weighted by Gasteiger charge is -2.13. The molecule has 0 atom stereocenters. The van der Waals surface area contributed by atoms with Crippen LogP contribution in [-0.2, 0) is 4.74 Å². The lowest BCUT2D eigenvalue weighted by molar-refractivity contribution is 0.0223. The number of esters is 1. The molecule has 0 unspecified atom stereocenters. The van der Waals surface area contributed by atoms with Gasteiger partial charge in [-0.1, -0.05) is 12.1 Å². The molecule has 1 aliphatic heterocycles. The Morgan fingerprint density at radius 2 is 1.73 bits per heavy atom. The lowest BCUT2D eigenvalue weighted by Crippen LogP contribution is -2.33. The molecule has 0 radical (unpaired) electrons. The number of nitrogens with zero attached hydrogens (tertiary/aromatic N) is 3. The van der Waals surface area contributed by atoms with Gasteiger partial charge in [-0.2, -0.15) is 0 Å². The summed E-state index contributed by atoms with van der Waals surface area (Å²) in [5.74, 6) is -1.71. The molecule has 2 heterocycles. The van der Waals surface area contributed by atoms with Crippen molar-refractivity contribution in [3.63, 3.8) is 0 Å². The summed E-state index contributed by atoms with van der Waals surface area (Å²) in [4.78, 5) is 44.7. The Morgan fingerprint density at radius 3 is 2.27 bits per heavy atom. The fraction of sp³-hybridized carbons (Fsp3) is 0.133. The maximum absolute atomic E-state index is 12.1. The van der Waals surface area contributed by atoms with Crippen molar-refractivity contribution < 1.29 is 19.1 Å². The summed E-state index contributed by atoms with van der Waals surface area (Å²) in [6.45, 7) is 1.28. The van der Waals surface area contributed by atoms with E-state index in [4.69, 9.17) is 4.74 Å². The Morgan fingerprint density at radius 1 is 1.09 bits per heavy atom. The fourth-order valence-corrected chi connectivity index (χ4v) is 2.05. The summed E-state index contributed by atoms with van der Waals surface area (Å²) >= 11 is 0. The first-order valence-electron chi connectivity index (χ1n) is 6.49. The van der Waals surface area contributed by atoms with E-state index in [-0.39, 0.29) is 5.69 Å². The highest BCUT2D eigenvalue weighted by Crippen LogP contribution is 2.22. The largest absolute Gasteiger partial charge is 0.439 e. The van der Waals surface area contributed by atoms with E-state index in [2.05, 4.69) is 9.97 Å². The predicted molar refractivity (Wildman–Crippen MR) is 74.0 cm³/mol. The van der Waals surface area contributed by atoms with Gasteiger partial charge in [-0.3, -0.25) is 14.6 Å². The van der Waals surface area contributed by atoms with E-state index in [0.717, 1.165) is 4.90 Å². The maximum Gasteiger partial charge on any atom is 0.360 e. The molecule has 7 heteroatoms. The average Bonchev–Trinajstić information content (AvgIpc) is 2.78. The van der Waals surface area contributed by atoms with Gasteiger partial charge in [-0.15, -0.1) is 0 Å². The van der Waals surface area contributed by atoms with Crippen LogP contribution in [0.15, 0.2) is 36.7 Å². The molecule has 0 spiro atoms. The summed E-state index contributed by atoms with van der Waals surface area (Å²) in [6.07, 6.45) is 2.71. The summed E-state index contributed by atoms with van der Waals surface area (Å²) in [5.41, 5.74) is 1.29. The zero-order chi connectivity index (χ0) is 15.7. The standard InChI is InChI=1S/C15H11N3O4/c1-9-6-17-12(7-16-9)15(21)22-8-18-13(19)10-4-2-3-5-11(10)14(18)20/h2-7H,8H2,1H3. The van der Waals surface area contributed by atoms with Crippen LogP contribution in [0, 0.1) is 6.92 Å². The van der Waals surface area contributed by atoms with Crippen LogP contribution in [0.3, 0.4) is 0 Å². The topological polar surface area (TPSA) is 89.5 Å². The summed E-state index contributed by atoms with van der Waals surface area (Å²) in [6, 6.07) is 6.45. The number of carbonyl (C=O) groups excluding carboxylic acids is 3. The molecular formula is C15H11N3O4. The quantitative estimate of drug-likeness (QED) is 0.624. The van der Waals surface area contributed by atoms with Crippen molar-refractivity contribution in [3.8, 4) is 0 Å². The Hall–Kier alpha value is -3.09. The summed E-state index contributed by atoms with van der Waals surface area (Å²) in [7, 11) is 0. The smallest absolute Gasteiger partial charge is 0.360 e. The monoisotopic (exact) mass is 297 g/mol. The average molecular weight is 297 g/mol. The van der Waals surface area contributed by atoms with E-state index in [0.29, 0.717) is 16.8 Å². The van der Waals surface area contributed by atoms with Gasteiger partial charge < -0.3 is 4.74 Å². The molecular weight excluding hydrogens is 286 g/mol. The van der Waals surface area contributed by atoms with Crippen LogP contribution in [0.25, 0.3) is 0 Å². The number of carbonyl (C=O) groups is 3. The van der Waals surface area contributed by atoms with Crippen LogP contribution in [0.1, 0.15) is 36.9 Å². The summed E-state index contributed by atoms with van der Waals surface area (Å²) < 4.78 is 4.97. The van der Waals surface area contributed by atoms with Gasteiger partial charge >= 0.3 is 5.97 Å². The van der Waals surface area contributed by atoms with Crippen LogP contribution < -0.4 is 0 Å². The molecule has 0 saturated heterocycles. The SMILES string of the molecule is Cc1cnc(C(=O)OCN2C(=O)c3ccccc3C2=O)cn1. The maximum atomic E-state index is 12.1. The lowest BCUT2D eigenvalue weighted by atomic mass is 10.1. The van der Waals surface area contributed by atoms with Gasteiger partial charge in [0.05, 0.1) is 23.0 Å². The van der Waals surface area contributed by atoms with Gasteiger partial charge in [0, 0.05) is 6.20 Å². The number of aromatic nitrogens is 2. The van der Waals surface area contributed by atoms with Gasteiger partial charge in [0.2, 0.25) is 0 Å². The minimum absolute atomic E-state index is 0.0159. The predicted octanol–water partition coefficient (Wildman–Crippen LogP) is 1.20. The number of benzene rings is 1. The fourth-order valence-electron chi connectivity index (χ4n) is 2.05. The first-order chi connectivity index (χ1) is 10.6. The third-order valence-electron chi connectivity index (χ3n) is 3.19. The third-order valence-corrected chi connectivity index (χ3v) is 3.19. The Labute approximate surface area is 125 Å². The molecule has 3 rings (SSSR count). The minimum Gasteiger partial charge on any atom is -0.439 e. The van der Waals surface area contributed by atoms with E-state index in [9.17, 15) is 14.4 Å². The van der Waals surface area contributed by atoms with Crippen molar-refractivity contribution in [1.82, 2.24) is 14.9 Å². The third kappa shape index (κ3) is 2.32. The van der Waals surface area contributed by atoms with Crippen LogP contribution in [-0.4, -0.2) is 39.4 Å². The van der Waals surface area contributed by atoms with E-state index in [1.807, 2.05) is 0 Å². The number of hydrogen-bond donors (Lipinski definition) is 0. The number of aryl methyl sites for hydroxylation is 1. The second-order valence-corrected chi connectivity index (χ2v) is 4.69. The van der Waals surface area contributed by atoms with Crippen molar-refractivity contribution >= 4 is 17.8 Å². The number of fused-ring (bicyclic) bond motifs is 1. The van der Waals surface area contributed by atoms with Crippen LogP contribution in [0.5, 0.6) is 0 Å². The van der Waals surface area contributed by atoms with E-state index in [1.165, 1.54) is 12.4 Å². The first kappa shape index (κ1) is 13.9.